The molecule has 5 nitrogen and oxygen atoms in total. The maximum atomic E-state index is 11.3. The Morgan fingerprint density at radius 3 is 2.88 bits per heavy atom. The van der Waals surface area contributed by atoms with Crippen LogP contribution < -0.4 is 5.32 Å². The van der Waals surface area contributed by atoms with Gasteiger partial charge in [-0.05, 0) is 26.0 Å². The van der Waals surface area contributed by atoms with Crippen molar-refractivity contribution in [2.75, 3.05) is 18.5 Å². The smallest absolute Gasteiger partial charge is 0.339 e. The standard InChI is InChI=1S/C11H16N2O3/c1-3-16-11(15)9-4-5-10(13-7-9)12-6-8(2)14/h4-5,7-8,14H,3,6H2,1-2H3,(H,12,13). The normalized spacial score (nSPS) is 11.9. The van der Waals surface area contributed by atoms with Gasteiger partial charge in [0, 0.05) is 12.7 Å². The number of hydrogen-bond acceptors (Lipinski definition) is 5. The van der Waals surface area contributed by atoms with E-state index < -0.39 is 6.10 Å². The van der Waals surface area contributed by atoms with Crippen molar-refractivity contribution in [2.24, 2.45) is 0 Å². The minimum absolute atomic E-state index is 0.348. The highest BCUT2D eigenvalue weighted by molar-refractivity contribution is 5.89. The van der Waals surface area contributed by atoms with Gasteiger partial charge in [0.2, 0.25) is 0 Å². The minimum Gasteiger partial charge on any atom is -0.462 e. The second-order valence-corrected chi connectivity index (χ2v) is 3.38. The highest BCUT2D eigenvalue weighted by atomic mass is 16.5. The average Bonchev–Trinajstić information content (AvgIpc) is 2.27. The number of ether oxygens (including phenoxy) is 1. The molecule has 1 aromatic heterocycles. The predicted octanol–water partition coefficient (Wildman–Crippen LogP) is 1.05. The van der Waals surface area contributed by atoms with Crippen LogP contribution in [-0.2, 0) is 4.74 Å². The number of carbonyl (C=O) groups is 1. The second kappa shape index (κ2) is 6.07. The molecule has 1 rings (SSSR count). The van der Waals surface area contributed by atoms with E-state index in [4.69, 9.17) is 9.84 Å². The van der Waals surface area contributed by atoms with Crippen LogP contribution >= 0.6 is 0 Å². The zero-order chi connectivity index (χ0) is 12.0. The van der Waals surface area contributed by atoms with Crippen molar-refractivity contribution in [1.29, 1.82) is 0 Å². The molecule has 2 N–H and O–H groups in total. The first-order valence-electron chi connectivity index (χ1n) is 5.18. The van der Waals surface area contributed by atoms with Crippen molar-refractivity contribution in [2.45, 2.75) is 20.0 Å². The molecule has 1 atom stereocenters. The third-order valence-corrected chi connectivity index (χ3v) is 1.85. The number of pyridine rings is 1. The number of hydrogen-bond donors (Lipinski definition) is 2. The van der Waals surface area contributed by atoms with Gasteiger partial charge in [0.15, 0.2) is 0 Å². The summed E-state index contributed by atoms with van der Waals surface area (Å²) in [4.78, 5) is 15.3. The third kappa shape index (κ3) is 3.86. The zero-order valence-corrected chi connectivity index (χ0v) is 9.43. The molecule has 0 spiro atoms. The van der Waals surface area contributed by atoms with Crippen molar-refractivity contribution in [3.63, 3.8) is 0 Å². The van der Waals surface area contributed by atoms with Crippen LogP contribution in [0.4, 0.5) is 5.82 Å². The van der Waals surface area contributed by atoms with Crippen molar-refractivity contribution in [3.05, 3.63) is 23.9 Å². The van der Waals surface area contributed by atoms with Crippen molar-refractivity contribution < 1.29 is 14.6 Å². The first-order valence-corrected chi connectivity index (χ1v) is 5.18. The number of nitrogens with zero attached hydrogens (tertiary/aromatic N) is 1. The monoisotopic (exact) mass is 224 g/mol. The van der Waals surface area contributed by atoms with E-state index in [2.05, 4.69) is 10.3 Å². The number of aliphatic hydroxyl groups excluding tert-OH is 1. The molecule has 5 heteroatoms. The highest BCUT2D eigenvalue weighted by Gasteiger charge is 2.06. The Balaban J connectivity index is 2.57. The van der Waals surface area contributed by atoms with Gasteiger partial charge in [-0.15, -0.1) is 0 Å². The van der Waals surface area contributed by atoms with Crippen LogP contribution in [0.15, 0.2) is 18.3 Å². The zero-order valence-electron chi connectivity index (χ0n) is 9.43. The van der Waals surface area contributed by atoms with Crippen LogP contribution in [0.5, 0.6) is 0 Å². The SMILES string of the molecule is CCOC(=O)c1ccc(NCC(C)O)nc1. The molecule has 0 aromatic carbocycles. The van der Waals surface area contributed by atoms with Gasteiger partial charge in [0.25, 0.3) is 0 Å². The van der Waals surface area contributed by atoms with Crippen LogP contribution in [0.2, 0.25) is 0 Å². The summed E-state index contributed by atoms with van der Waals surface area (Å²) in [6.45, 7) is 4.20. The van der Waals surface area contributed by atoms with Gasteiger partial charge < -0.3 is 15.2 Å². The van der Waals surface area contributed by atoms with Crippen LogP contribution in [0.3, 0.4) is 0 Å². The number of rotatable bonds is 5. The van der Waals surface area contributed by atoms with E-state index in [1.54, 1.807) is 26.0 Å². The summed E-state index contributed by atoms with van der Waals surface area (Å²) in [6, 6.07) is 3.31. The summed E-state index contributed by atoms with van der Waals surface area (Å²) in [6.07, 6.45) is 1.01. The Bertz CT molecular complexity index is 336. The van der Waals surface area contributed by atoms with Crippen LogP contribution in [-0.4, -0.2) is 35.3 Å². The van der Waals surface area contributed by atoms with Gasteiger partial charge in [-0.2, -0.15) is 0 Å². The number of aliphatic hydroxyl groups is 1. The maximum Gasteiger partial charge on any atom is 0.339 e. The Kier molecular flexibility index (Phi) is 4.72. The van der Waals surface area contributed by atoms with Gasteiger partial charge in [-0.1, -0.05) is 0 Å². The Morgan fingerprint density at radius 1 is 1.62 bits per heavy atom. The number of anilines is 1. The second-order valence-electron chi connectivity index (χ2n) is 3.38. The van der Waals surface area contributed by atoms with Crippen LogP contribution in [0.1, 0.15) is 24.2 Å². The topological polar surface area (TPSA) is 71.5 Å². The molecule has 0 saturated carbocycles. The van der Waals surface area contributed by atoms with E-state index in [-0.39, 0.29) is 5.97 Å². The Morgan fingerprint density at radius 2 is 2.38 bits per heavy atom. The van der Waals surface area contributed by atoms with E-state index in [1.807, 2.05) is 0 Å². The number of carbonyl (C=O) groups excluding carboxylic acids is 1. The van der Waals surface area contributed by atoms with E-state index in [9.17, 15) is 4.79 Å². The molecule has 0 aliphatic heterocycles. The lowest BCUT2D eigenvalue weighted by atomic mass is 10.3. The maximum absolute atomic E-state index is 11.3. The van der Waals surface area contributed by atoms with Crippen molar-refractivity contribution in [3.8, 4) is 0 Å². The lowest BCUT2D eigenvalue weighted by Gasteiger charge is -2.07. The molecular formula is C11H16N2O3. The lowest BCUT2D eigenvalue weighted by Crippen LogP contribution is -2.16. The summed E-state index contributed by atoms with van der Waals surface area (Å²) in [7, 11) is 0. The average molecular weight is 224 g/mol. The minimum atomic E-state index is -0.438. The van der Waals surface area contributed by atoms with Gasteiger partial charge in [0.05, 0.1) is 18.3 Å². The third-order valence-electron chi connectivity index (χ3n) is 1.85. The van der Waals surface area contributed by atoms with Gasteiger partial charge in [-0.3, -0.25) is 0 Å². The van der Waals surface area contributed by atoms with E-state index in [0.717, 1.165) is 0 Å². The van der Waals surface area contributed by atoms with E-state index in [0.29, 0.717) is 24.5 Å². The number of nitrogens with one attached hydrogen (secondary N) is 1. The molecule has 16 heavy (non-hydrogen) atoms. The van der Waals surface area contributed by atoms with Crippen molar-refractivity contribution in [1.82, 2.24) is 4.98 Å². The lowest BCUT2D eigenvalue weighted by molar-refractivity contribution is 0.0526. The molecule has 1 heterocycles. The predicted molar refractivity (Wildman–Crippen MR) is 60.4 cm³/mol. The summed E-state index contributed by atoms with van der Waals surface area (Å²) in [5.41, 5.74) is 0.421. The van der Waals surface area contributed by atoms with E-state index in [1.165, 1.54) is 6.20 Å². The quantitative estimate of drug-likeness (QED) is 0.731. The fraction of sp³-hybridized carbons (Fsp3) is 0.455. The summed E-state index contributed by atoms with van der Waals surface area (Å²) < 4.78 is 4.83. The Labute approximate surface area is 94.5 Å². The van der Waals surface area contributed by atoms with Crippen molar-refractivity contribution >= 4 is 11.8 Å². The molecular weight excluding hydrogens is 208 g/mol. The number of aromatic nitrogens is 1. The number of esters is 1. The summed E-state index contributed by atoms with van der Waals surface area (Å²) >= 11 is 0. The molecule has 0 amide bonds. The molecule has 0 aliphatic rings. The molecule has 0 bridgehead atoms. The highest BCUT2D eigenvalue weighted by Crippen LogP contribution is 2.06. The molecule has 1 unspecified atom stereocenters. The fourth-order valence-electron chi connectivity index (χ4n) is 1.09. The van der Waals surface area contributed by atoms with Crippen LogP contribution in [0.25, 0.3) is 0 Å². The molecule has 0 aliphatic carbocycles. The van der Waals surface area contributed by atoms with E-state index >= 15 is 0 Å². The molecule has 0 saturated heterocycles. The molecule has 1 aromatic rings. The molecule has 88 valence electrons. The van der Waals surface area contributed by atoms with Gasteiger partial charge >= 0.3 is 5.97 Å². The van der Waals surface area contributed by atoms with Gasteiger partial charge in [0.1, 0.15) is 5.82 Å². The first-order chi connectivity index (χ1) is 7.63. The Hall–Kier alpha value is -1.62. The van der Waals surface area contributed by atoms with Crippen LogP contribution in [0, 0.1) is 0 Å². The fourth-order valence-corrected chi connectivity index (χ4v) is 1.09. The molecule has 0 fully saturated rings. The summed E-state index contributed by atoms with van der Waals surface area (Å²) in [5, 5.41) is 12.0. The van der Waals surface area contributed by atoms with Gasteiger partial charge in [-0.25, -0.2) is 9.78 Å². The largest absolute Gasteiger partial charge is 0.462 e. The first kappa shape index (κ1) is 12.4. The molecule has 0 radical (unpaired) electrons. The summed E-state index contributed by atoms with van der Waals surface area (Å²) in [5.74, 6) is 0.242.